The van der Waals surface area contributed by atoms with E-state index >= 15 is 0 Å². The van der Waals surface area contributed by atoms with Gasteiger partial charge in [0.2, 0.25) is 11.8 Å². The van der Waals surface area contributed by atoms with Crippen molar-refractivity contribution in [1.82, 2.24) is 15.1 Å². The highest BCUT2D eigenvalue weighted by Gasteiger charge is 2.31. The fraction of sp³-hybridized carbons (Fsp3) is 0.579. The zero-order chi connectivity index (χ0) is 17.6. The lowest BCUT2D eigenvalue weighted by Gasteiger charge is -2.34. The maximum Gasteiger partial charge on any atom is 0.240 e. The lowest BCUT2D eigenvalue weighted by atomic mass is 10.1. The molecule has 0 aromatic heterocycles. The molecule has 3 rings (SSSR count). The number of hydrogen-bond acceptors (Lipinski definition) is 3. The van der Waals surface area contributed by atoms with E-state index in [1.165, 1.54) is 12.8 Å². The molecule has 2 amide bonds. The van der Waals surface area contributed by atoms with E-state index in [4.69, 9.17) is 11.6 Å². The molecule has 2 saturated heterocycles. The fourth-order valence-electron chi connectivity index (χ4n) is 3.56. The first-order valence-corrected chi connectivity index (χ1v) is 9.56. The van der Waals surface area contributed by atoms with Gasteiger partial charge in [-0.05, 0) is 24.5 Å². The molecule has 5 nitrogen and oxygen atoms in total. The molecule has 2 aliphatic rings. The summed E-state index contributed by atoms with van der Waals surface area (Å²) in [6.45, 7) is 3.48. The van der Waals surface area contributed by atoms with Crippen molar-refractivity contribution in [2.24, 2.45) is 0 Å². The van der Waals surface area contributed by atoms with Gasteiger partial charge < -0.3 is 15.1 Å². The van der Waals surface area contributed by atoms with Crippen LogP contribution in [0.25, 0.3) is 0 Å². The van der Waals surface area contributed by atoms with Gasteiger partial charge in [-0.2, -0.15) is 0 Å². The summed E-state index contributed by atoms with van der Waals surface area (Å²) < 4.78 is 0. The van der Waals surface area contributed by atoms with Crippen molar-refractivity contribution in [3.63, 3.8) is 0 Å². The lowest BCUT2D eigenvalue weighted by molar-refractivity contribution is -0.141. The van der Waals surface area contributed by atoms with E-state index in [1.807, 2.05) is 29.2 Å². The van der Waals surface area contributed by atoms with Gasteiger partial charge >= 0.3 is 0 Å². The van der Waals surface area contributed by atoms with Crippen LogP contribution in [0.2, 0.25) is 5.02 Å². The Morgan fingerprint density at radius 2 is 1.81 bits per heavy atom. The van der Waals surface area contributed by atoms with Crippen molar-refractivity contribution in [1.29, 1.82) is 0 Å². The van der Waals surface area contributed by atoms with Crippen LogP contribution in [0.3, 0.4) is 0 Å². The Kier molecular flexibility index (Phi) is 8.19. The van der Waals surface area contributed by atoms with Crippen molar-refractivity contribution >= 4 is 35.8 Å². The van der Waals surface area contributed by atoms with E-state index in [9.17, 15) is 9.59 Å². The highest BCUT2D eigenvalue weighted by Crippen LogP contribution is 2.19. The van der Waals surface area contributed by atoms with Crippen molar-refractivity contribution in [3.05, 3.63) is 34.9 Å². The number of likely N-dealkylation sites (tertiary alicyclic amines) is 1. The average molecular weight is 400 g/mol. The summed E-state index contributed by atoms with van der Waals surface area (Å²) in [5.74, 6) is 0.0849. The number of carbonyl (C=O) groups is 2. The van der Waals surface area contributed by atoms with Crippen molar-refractivity contribution in [2.75, 3.05) is 26.2 Å². The third-order valence-corrected chi connectivity index (χ3v) is 5.41. The van der Waals surface area contributed by atoms with E-state index < -0.39 is 6.04 Å². The van der Waals surface area contributed by atoms with Gasteiger partial charge in [-0.3, -0.25) is 9.59 Å². The highest BCUT2D eigenvalue weighted by molar-refractivity contribution is 6.31. The summed E-state index contributed by atoms with van der Waals surface area (Å²) in [4.78, 5) is 29.1. The van der Waals surface area contributed by atoms with E-state index in [0.29, 0.717) is 24.7 Å². The van der Waals surface area contributed by atoms with Gasteiger partial charge in [-0.15, -0.1) is 12.4 Å². The summed E-state index contributed by atoms with van der Waals surface area (Å²) in [6.07, 6.45) is 4.76. The molecule has 1 N–H and O–H groups in total. The molecule has 1 unspecified atom stereocenters. The summed E-state index contributed by atoms with van der Waals surface area (Å²) in [7, 11) is 0. The molecule has 0 saturated carbocycles. The van der Waals surface area contributed by atoms with E-state index in [1.54, 1.807) is 4.90 Å². The first kappa shape index (κ1) is 21.0. The Bertz CT molecular complexity index is 619. The van der Waals surface area contributed by atoms with Crippen LogP contribution in [-0.2, 0) is 16.1 Å². The smallest absolute Gasteiger partial charge is 0.240 e. The maximum atomic E-state index is 12.8. The molecule has 144 valence electrons. The summed E-state index contributed by atoms with van der Waals surface area (Å²) >= 11 is 6.21. The minimum Gasteiger partial charge on any atom is -0.343 e. The average Bonchev–Trinajstić information content (AvgIpc) is 2.90. The molecule has 0 aliphatic carbocycles. The number of halogens is 2. The molecule has 2 aliphatic heterocycles. The molecule has 1 aromatic carbocycles. The van der Waals surface area contributed by atoms with Gasteiger partial charge in [0.15, 0.2) is 0 Å². The second-order valence-corrected chi connectivity index (χ2v) is 7.26. The first-order chi connectivity index (χ1) is 12.1. The van der Waals surface area contributed by atoms with Crippen LogP contribution < -0.4 is 5.32 Å². The Morgan fingerprint density at radius 1 is 1.12 bits per heavy atom. The second kappa shape index (κ2) is 10.1. The summed E-state index contributed by atoms with van der Waals surface area (Å²) in [5.41, 5.74) is 0.942. The first-order valence-electron chi connectivity index (χ1n) is 9.18. The largest absolute Gasteiger partial charge is 0.343 e. The van der Waals surface area contributed by atoms with Gasteiger partial charge in [-0.1, -0.05) is 42.6 Å². The van der Waals surface area contributed by atoms with Crippen LogP contribution in [0.4, 0.5) is 0 Å². The van der Waals surface area contributed by atoms with Gasteiger partial charge in [0.05, 0.1) is 12.5 Å². The highest BCUT2D eigenvalue weighted by atomic mass is 35.5. The summed E-state index contributed by atoms with van der Waals surface area (Å²) in [5, 5.41) is 3.89. The van der Waals surface area contributed by atoms with Crippen molar-refractivity contribution in [3.8, 4) is 0 Å². The van der Waals surface area contributed by atoms with Crippen molar-refractivity contribution < 1.29 is 9.59 Å². The van der Waals surface area contributed by atoms with Gasteiger partial charge in [0, 0.05) is 37.7 Å². The molecule has 0 bridgehead atoms. The quantitative estimate of drug-likeness (QED) is 0.846. The Hall–Kier alpha value is -1.30. The molecule has 2 fully saturated rings. The van der Waals surface area contributed by atoms with Crippen LogP contribution in [0, 0.1) is 0 Å². The number of rotatable bonds is 4. The topological polar surface area (TPSA) is 52.7 Å². The molecule has 0 radical (unpaired) electrons. The molecule has 1 atom stereocenters. The number of carbonyl (C=O) groups excluding carboxylic acids is 2. The molecule has 7 heteroatoms. The molecule has 26 heavy (non-hydrogen) atoms. The SMILES string of the molecule is Cl.O=C(CC1NCCN(Cc2ccccc2Cl)C1=O)N1CCCCCC1. The number of hydrogen-bond donors (Lipinski definition) is 1. The molecular formula is C19H27Cl2N3O2. The lowest BCUT2D eigenvalue weighted by Crippen LogP contribution is -2.56. The monoisotopic (exact) mass is 399 g/mol. The zero-order valence-corrected chi connectivity index (χ0v) is 16.5. The number of amides is 2. The van der Waals surface area contributed by atoms with E-state index in [0.717, 1.165) is 31.5 Å². The Balaban J connectivity index is 0.00000243. The van der Waals surface area contributed by atoms with E-state index in [2.05, 4.69) is 5.32 Å². The fourth-order valence-corrected chi connectivity index (χ4v) is 3.76. The Morgan fingerprint density at radius 3 is 2.50 bits per heavy atom. The molecule has 0 spiro atoms. The van der Waals surface area contributed by atoms with E-state index in [-0.39, 0.29) is 30.6 Å². The number of nitrogens with zero attached hydrogens (tertiary/aromatic N) is 2. The van der Waals surface area contributed by atoms with Crippen LogP contribution in [0.1, 0.15) is 37.7 Å². The van der Waals surface area contributed by atoms with Crippen LogP contribution >= 0.6 is 24.0 Å². The minimum absolute atomic E-state index is 0. The third-order valence-electron chi connectivity index (χ3n) is 5.04. The third kappa shape index (κ3) is 5.35. The number of nitrogens with one attached hydrogen (secondary N) is 1. The van der Waals surface area contributed by atoms with Gasteiger partial charge in [0.1, 0.15) is 0 Å². The number of piperazine rings is 1. The van der Waals surface area contributed by atoms with Crippen LogP contribution in [0.5, 0.6) is 0 Å². The maximum absolute atomic E-state index is 12.8. The summed E-state index contributed by atoms with van der Waals surface area (Å²) in [6, 6.07) is 7.16. The van der Waals surface area contributed by atoms with Crippen LogP contribution in [-0.4, -0.2) is 53.8 Å². The normalized spacial score (nSPS) is 21.1. The molecule has 2 heterocycles. The second-order valence-electron chi connectivity index (χ2n) is 6.86. The predicted octanol–water partition coefficient (Wildman–Crippen LogP) is 2.85. The minimum atomic E-state index is -0.424. The van der Waals surface area contributed by atoms with Gasteiger partial charge in [0.25, 0.3) is 0 Å². The molecule has 1 aromatic rings. The van der Waals surface area contributed by atoms with Gasteiger partial charge in [-0.25, -0.2) is 0 Å². The predicted molar refractivity (Wildman–Crippen MR) is 106 cm³/mol. The standard InChI is InChI=1S/C19H26ClN3O2.ClH/c20-16-8-4-3-7-15(16)14-23-12-9-21-17(19(23)25)13-18(24)22-10-5-1-2-6-11-22;/h3-4,7-8,17,21H,1-2,5-6,9-14H2;1H. The zero-order valence-electron chi connectivity index (χ0n) is 15.0. The molecular weight excluding hydrogens is 373 g/mol. The van der Waals surface area contributed by atoms with Crippen LogP contribution in [0.15, 0.2) is 24.3 Å². The van der Waals surface area contributed by atoms with Crippen molar-refractivity contribution in [2.45, 2.75) is 44.7 Å². The Labute approximate surface area is 166 Å². The number of benzene rings is 1.